The monoisotopic (exact) mass is 236 g/mol. The molecular formula is C9H8N4S2. The first-order chi connectivity index (χ1) is 7.31. The summed E-state index contributed by atoms with van der Waals surface area (Å²) in [6, 6.07) is 6.07. The molecule has 3 N–H and O–H groups in total. The van der Waals surface area contributed by atoms with Crippen molar-refractivity contribution in [3.8, 4) is 6.07 Å². The molecule has 76 valence electrons. The number of nitriles is 1. The Labute approximate surface area is 95.1 Å². The quantitative estimate of drug-likeness (QED) is 0.857. The van der Waals surface area contributed by atoms with E-state index < -0.39 is 0 Å². The van der Waals surface area contributed by atoms with Crippen LogP contribution >= 0.6 is 22.9 Å². The molecule has 0 bridgehead atoms. The van der Waals surface area contributed by atoms with Gasteiger partial charge in [0.05, 0.1) is 6.54 Å². The highest BCUT2D eigenvalue weighted by Crippen LogP contribution is 2.26. The van der Waals surface area contributed by atoms with E-state index in [9.17, 15) is 0 Å². The minimum absolute atomic E-state index is 0.302. The number of anilines is 2. The Morgan fingerprint density at radius 3 is 3.13 bits per heavy atom. The molecule has 0 aliphatic carbocycles. The Hall–Kier alpha value is -1.58. The molecule has 2 aromatic heterocycles. The van der Waals surface area contributed by atoms with Gasteiger partial charge < -0.3 is 11.1 Å². The molecule has 0 saturated carbocycles. The average Bonchev–Trinajstić information content (AvgIpc) is 2.84. The van der Waals surface area contributed by atoms with Crippen molar-refractivity contribution in [3.63, 3.8) is 0 Å². The minimum Gasteiger partial charge on any atom is -0.382 e. The summed E-state index contributed by atoms with van der Waals surface area (Å²) in [6.07, 6.45) is 0. The molecule has 4 nitrogen and oxygen atoms in total. The molecule has 0 aliphatic rings. The molecular weight excluding hydrogens is 228 g/mol. The van der Waals surface area contributed by atoms with Gasteiger partial charge in [0, 0.05) is 4.88 Å². The standard InChI is InChI=1S/C9H8N4S2/c10-4-7-8(11)13-15-9(7)12-5-6-2-1-3-14-6/h1-3,12H,5H2,(H2,11,13). The Morgan fingerprint density at radius 2 is 2.47 bits per heavy atom. The SMILES string of the molecule is N#Cc1c(N)nsc1NCc1cccs1. The molecule has 0 radical (unpaired) electrons. The molecule has 0 saturated heterocycles. The van der Waals surface area contributed by atoms with Crippen LogP contribution < -0.4 is 11.1 Å². The second-order valence-electron chi connectivity index (χ2n) is 2.82. The van der Waals surface area contributed by atoms with Crippen molar-refractivity contribution in [1.29, 1.82) is 5.26 Å². The third-order valence-corrected chi connectivity index (χ3v) is 3.53. The zero-order valence-electron chi connectivity index (χ0n) is 7.73. The van der Waals surface area contributed by atoms with E-state index in [2.05, 4.69) is 9.69 Å². The maximum absolute atomic E-state index is 8.84. The van der Waals surface area contributed by atoms with Crippen LogP contribution in [0.15, 0.2) is 17.5 Å². The normalized spacial score (nSPS) is 9.80. The maximum atomic E-state index is 8.84. The molecule has 2 heterocycles. The third kappa shape index (κ3) is 2.09. The summed E-state index contributed by atoms with van der Waals surface area (Å²) in [7, 11) is 0. The molecule has 6 heteroatoms. The van der Waals surface area contributed by atoms with Crippen LogP contribution in [0.1, 0.15) is 10.4 Å². The molecule has 0 aromatic carbocycles. The molecule has 0 atom stereocenters. The number of rotatable bonds is 3. The van der Waals surface area contributed by atoms with Crippen LogP contribution in [0, 0.1) is 11.3 Å². The highest BCUT2D eigenvalue weighted by Gasteiger charge is 2.10. The van der Waals surface area contributed by atoms with E-state index >= 15 is 0 Å². The number of hydrogen-bond acceptors (Lipinski definition) is 6. The van der Waals surface area contributed by atoms with E-state index in [4.69, 9.17) is 11.0 Å². The summed E-state index contributed by atoms with van der Waals surface area (Å²) in [5.74, 6) is 0.302. The number of aromatic nitrogens is 1. The Balaban J connectivity index is 2.09. The second kappa shape index (κ2) is 4.29. The van der Waals surface area contributed by atoms with Crippen LogP contribution in [0.4, 0.5) is 10.8 Å². The van der Waals surface area contributed by atoms with Gasteiger partial charge in [-0.05, 0) is 23.0 Å². The topological polar surface area (TPSA) is 74.7 Å². The van der Waals surface area contributed by atoms with Crippen molar-refractivity contribution in [2.75, 3.05) is 11.1 Å². The largest absolute Gasteiger partial charge is 0.382 e. The Kier molecular flexibility index (Phi) is 2.85. The highest BCUT2D eigenvalue weighted by molar-refractivity contribution is 7.11. The molecule has 0 amide bonds. The van der Waals surface area contributed by atoms with Gasteiger partial charge in [-0.3, -0.25) is 0 Å². The fraction of sp³-hybridized carbons (Fsp3) is 0.111. The predicted octanol–water partition coefficient (Wildman–Crippen LogP) is 2.27. The fourth-order valence-corrected chi connectivity index (χ4v) is 2.42. The molecule has 0 spiro atoms. The molecule has 2 aromatic rings. The first-order valence-electron chi connectivity index (χ1n) is 4.22. The van der Waals surface area contributed by atoms with E-state index in [1.54, 1.807) is 11.3 Å². The van der Waals surface area contributed by atoms with E-state index in [0.717, 1.165) is 5.00 Å². The lowest BCUT2D eigenvalue weighted by Crippen LogP contribution is -1.97. The summed E-state index contributed by atoms with van der Waals surface area (Å²) in [5, 5.41) is 14.8. The number of hydrogen-bond donors (Lipinski definition) is 2. The third-order valence-electron chi connectivity index (χ3n) is 1.83. The molecule has 0 unspecified atom stereocenters. The average molecular weight is 236 g/mol. The molecule has 2 rings (SSSR count). The van der Waals surface area contributed by atoms with Gasteiger partial charge in [-0.25, -0.2) is 0 Å². The summed E-state index contributed by atoms with van der Waals surface area (Å²) < 4.78 is 3.93. The number of nitrogen functional groups attached to an aromatic ring is 1. The van der Waals surface area contributed by atoms with Crippen molar-refractivity contribution < 1.29 is 0 Å². The molecule has 0 aliphatic heterocycles. The molecule has 15 heavy (non-hydrogen) atoms. The maximum Gasteiger partial charge on any atom is 0.157 e. The minimum atomic E-state index is 0.302. The van der Waals surface area contributed by atoms with Crippen molar-refractivity contribution >= 4 is 33.7 Å². The predicted molar refractivity (Wildman–Crippen MR) is 62.9 cm³/mol. The van der Waals surface area contributed by atoms with E-state index in [0.29, 0.717) is 17.9 Å². The van der Waals surface area contributed by atoms with E-state index in [-0.39, 0.29) is 0 Å². The summed E-state index contributed by atoms with van der Waals surface area (Å²) in [6.45, 7) is 0.702. The van der Waals surface area contributed by atoms with Crippen LogP contribution in [-0.4, -0.2) is 4.37 Å². The second-order valence-corrected chi connectivity index (χ2v) is 4.62. The smallest absolute Gasteiger partial charge is 0.157 e. The van der Waals surface area contributed by atoms with Crippen LogP contribution in [0.5, 0.6) is 0 Å². The van der Waals surface area contributed by atoms with Gasteiger partial charge in [-0.1, -0.05) is 6.07 Å². The van der Waals surface area contributed by atoms with Crippen molar-refractivity contribution in [2.45, 2.75) is 6.54 Å². The lowest BCUT2D eigenvalue weighted by atomic mass is 10.3. The lowest BCUT2D eigenvalue weighted by molar-refractivity contribution is 1.20. The summed E-state index contributed by atoms with van der Waals surface area (Å²) >= 11 is 2.89. The summed E-state index contributed by atoms with van der Waals surface area (Å²) in [4.78, 5) is 1.21. The van der Waals surface area contributed by atoms with E-state index in [1.165, 1.54) is 16.4 Å². The zero-order chi connectivity index (χ0) is 10.7. The fourth-order valence-electron chi connectivity index (χ4n) is 1.11. The first-order valence-corrected chi connectivity index (χ1v) is 5.88. The number of nitrogens with two attached hydrogens (primary N) is 1. The molecule has 0 fully saturated rings. The van der Waals surface area contributed by atoms with Crippen LogP contribution in [-0.2, 0) is 6.54 Å². The Morgan fingerprint density at radius 1 is 1.60 bits per heavy atom. The van der Waals surface area contributed by atoms with Gasteiger partial charge in [0.1, 0.15) is 16.6 Å². The van der Waals surface area contributed by atoms with Crippen LogP contribution in [0.25, 0.3) is 0 Å². The van der Waals surface area contributed by atoms with Gasteiger partial charge in [0.25, 0.3) is 0 Å². The van der Waals surface area contributed by atoms with Crippen molar-refractivity contribution in [1.82, 2.24) is 4.37 Å². The van der Waals surface area contributed by atoms with Crippen molar-refractivity contribution in [3.05, 3.63) is 28.0 Å². The number of nitrogens with one attached hydrogen (secondary N) is 1. The Bertz CT molecular complexity index is 481. The number of nitrogens with zero attached hydrogens (tertiary/aromatic N) is 2. The van der Waals surface area contributed by atoms with Gasteiger partial charge in [0.15, 0.2) is 5.82 Å². The zero-order valence-corrected chi connectivity index (χ0v) is 9.36. The highest BCUT2D eigenvalue weighted by atomic mass is 32.1. The first kappa shape index (κ1) is 9.96. The van der Waals surface area contributed by atoms with E-state index in [1.807, 2.05) is 23.6 Å². The van der Waals surface area contributed by atoms with Crippen LogP contribution in [0.3, 0.4) is 0 Å². The summed E-state index contributed by atoms with van der Waals surface area (Å²) in [5.41, 5.74) is 5.98. The number of thiophene rings is 1. The van der Waals surface area contributed by atoms with Gasteiger partial charge in [-0.15, -0.1) is 11.3 Å². The van der Waals surface area contributed by atoms with Gasteiger partial charge >= 0.3 is 0 Å². The lowest BCUT2D eigenvalue weighted by Gasteiger charge is -2.00. The van der Waals surface area contributed by atoms with Gasteiger partial charge in [-0.2, -0.15) is 9.64 Å². The van der Waals surface area contributed by atoms with Crippen molar-refractivity contribution in [2.24, 2.45) is 0 Å². The van der Waals surface area contributed by atoms with Gasteiger partial charge in [0.2, 0.25) is 0 Å². The van der Waals surface area contributed by atoms with Crippen LogP contribution in [0.2, 0.25) is 0 Å².